The van der Waals surface area contributed by atoms with Crippen molar-refractivity contribution in [2.24, 2.45) is 5.73 Å². The maximum atomic E-state index is 5.82. The zero-order valence-corrected chi connectivity index (χ0v) is 9.91. The smallest absolute Gasteiger partial charge is 0.0950 e. The minimum Gasteiger partial charge on any atom is -0.472 e. The molecule has 2 aromatic rings. The van der Waals surface area contributed by atoms with E-state index in [9.17, 15) is 0 Å². The Bertz CT molecular complexity index is 427. The lowest BCUT2D eigenvalue weighted by atomic mass is 10.1. The Kier molecular flexibility index (Phi) is 3.90. The zero-order chi connectivity index (χ0) is 12.1. The van der Waals surface area contributed by atoms with Crippen LogP contribution in [0.1, 0.15) is 17.2 Å². The summed E-state index contributed by atoms with van der Waals surface area (Å²) in [5.41, 5.74) is 8.16. The highest BCUT2D eigenvalue weighted by atomic mass is 16.3. The lowest BCUT2D eigenvalue weighted by Gasteiger charge is -2.26. The Morgan fingerprint density at radius 1 is 1.35 bits per heavy atom. The number of pyridine rings is 1. The molecule has 0 aromatic carbocycles. The van der Waals surface area contributed by atoms with Crippen molar-refractivity contribution in [3.05, 3.63) is 54.2 Å². The summed E-state index contributed by atoms with van der Waals surface area (Å²) in [7, 11) is 2.06. The second-order valence-corrected chi connectivity index (χ2v) is 4.08. The number of nitrogens with two attached hydrogens (primary N) is 1. The van der Waals surface area contributed by atoms with Gasteiger partial charge in [0, 0.05) is 31.0 Å². The molecule has 0 bridgehead atoms. The third kappa shape index (κ3) is 2.93. The highest BCUT2D eigenvalue weighted by Crippen LogP contribution is 2.20. The van der Waals surface area contributed by atoms with E-state index in [0.717, 1.165) is 12.1 Å². The number of hydrogen-bond donors (Lipinski definition) is 1. The van der Waals surface area contributed by atoms with Gasteiger partial charge in [-0.25, -0.2) is 0 Å². The average molecular weight is 231 g/mol. The lowest BCUT2D eigenvalue weighted by molar-refractivity contribution is 0.240. The molecule has 2 aromatic heterocycles. The number of nitrogens with zero attached hydrogens (tertiary/aromatic N) is 2. The fourth-order valence-electron chi connectivity index (χ4n) is 1.92. The van der Waals surface area contributed by atoms with Crippen molar-refractivity contribution in [3.63, 3.8) is 0 Å². The van der Waals surface area contributed by atoms with Gasteiger partial charge in [0.25, 0.3) is 0 Å². The molecule has 1 unspecified atom stereocenters. The van der Waals surface area contributed by atoms with Crippen LogP contribution in [0.25, 0.3) is 0 Å². The van der Waals surface area contributed by atoms with Crippen molar-refractivity contribution in [3.8, 4) is 0 Å². The molecule has 2 rings (SSSR count). The van der Waals surface area contributed by atoms with E-state index in [-0.39, 0.29) is 6.04 Å². The van der Waals surface area contributed by atoms with Crippen molar-refractivity contribution in [1.82, 2.24) is 9.88 Å². The van der Waals surface area contributed by atoms with Crippen LogP contribution in [0.4, 0.5) is 0 Å². The van der Waals surface area contributed by atoms with E-state index >= 15 is 0 Å². The second kappa shape index (κ2) is 5.61. The van der Waals surface area contributed by atoms with E-state index in [1.54, 1.807) is 24.9 Å². The largest absolute Gasteiger partial charge is 0.472 e. The minimum absolute atomic E-state index is 0.182. The van der Waals surface area contributed by atoms with E-state index in [0.29, 0.717) is 6.54 Å². The van der Waals surface area contributed by atoms with Gasteiger partial charge in [-0.2, -0.15) is 0 Å². The molecule has 0 aliphatic rings. The predicted molar refractivity (Wildman–Crippen MR) is 66.2 cm³/mol. The first-order valence-electron chi connectivity index (χ1n) is 5.62. The first kappa shape index (κ1) is 11.8. The molecule has 0 spiro atoms. The van der Waals surface area contributed by atoms with E-state index < -0.39 is 0 Å². The van der Waals surface area contributed by atoms with E-state index in [2.05, 4.69) is 16.9 Å². The van der Waals surface area contributed by atoms with Crippen LogP contribution in [0, 0.1) is 0 Å². The van der Waals surface area contributed by atoms with Gasteiger partial charge >= 0.3 is 0 Å². The molecule has 2 heterocycles. The highest BCUT2D eigenvalue weighted by molar-refractivity contribution is 5.14. The van der Waals surface area contributed by atoms with Gasteiger partial charge in [-0.05, 0) is 30.8 Å². The van der Waals surface area contributed by atoms with E-state index in [1.807, 2.05) is 18.2 Å². The Morgan fingerprint density at radius 2 is 2.12 bits per heavy atom. The summed E-state index contributed by atoms with van der Waals surface area (Å²) in [6, 6.07) is 6.17. The maximum Gasteiger partial charge on any atom is 0.0950 e. The predicted octanol–water partition coefficient (Wildman–Crippen LogP) is 1.81. The average Bonchev–Trinajstić information content (AvgIpc) is 2.85. The van der Waals surface area contributed by atoms with Crippen LogP contribution in [-0.2, 0) is 6.54 Å². The fraction of sp³-hybridized carbons (Fsp3) is 0.308. The van der Waals surface area contributed by atoms with E-state index in [1.165, 1.54) is 5.56 Å². The van der Waals surface area contributed by atoms with Gasteiger partial charge in [0.05, 0.1) is 18.6 Å². The lowest BCUT2D eigenvalue weighted by Crippen LogP contribution is -2.29. The molecule has 0 aliphatic carbocycles. The van der Waals surface area contributed by atoms with Gasteiger partial charge in [0.2, 0.25) is 0 Å². The number of rotatable bonds is 5. The van der Waals surface area contributed by atoms with Gasteiger partial charge in [-0.15, -0.1) is 0 Å². The van der Waals surface area contributed by atoms with E-state index in [4.69, 9.17) is 10.2 Å². The topological polar surface area (TPSA) is 55.3 Å². The molecule has 4 heteroatoms. The zero-order valence-electron chi connectivity index (χ0n) is 9.91. The number of hydrogen-bond acceptors (Lipinski definition) is 4. The molecular weight excluding hydrogens is 214 g/mol. The summed E-state index contributed by atoms with van der Waals surface area (Å²) >= 11 is 0. The van der Waals surface area contributed by atoms with Crippen molar-refractivity contribution >= 4 is 0 Å². The second-order valence-electron chi connectivity index (χ2n) is 4.08. The quantitative estimate of drug-likeness (QED) is 0.852. The van der Waals surface area contributed by atoms with Crippen LogP contribution >= 0.6 is 0 Å². The third-order valence-electron chi connectivity index (χ3n) is 2.86. The Balaban J connectivity index is 2.06. The summed E-state index contributed by atoms with van der Waals surface area (Å²) < 4.78 is 5.11. The molecular formula is C13H17N3O. The van der Waals surface area contributed by atoms with Crippen LogP contribution in [0.3, 0.4) is 0 Å². The molecule has 0 saturated heterocycles. The summed E-state index contributed by atoms with van der Waals surface area (Å²) in [6.45, 7) is 1.41. The van der Waals surface area contributed by atoms with Crippen LogP contribution in [0.2, 0.25) is 0 Å². The van der Waals surface area contributed by atoms with Crippen molar-refractivity contribution in [2.45, 2.75) is 12.6 Å². The molecule has 0 radical (unpaired) electrons. The number of furan rings is 1. The van der Waals surface area contributed by atoms with Crippen molar-refractivity contribution < 1.29 is 4.42 Å². The molecule has 0 aliphatic heterocycles. The minimum atomic E-state index is 0.182. The third-order valence-corrected chi connectivity index (χ3v) is 2.86. The SMILES string of the molecule is CN(Cc1ccncc1)C(CN)c1ccoc1. The summed E-state index contributed by atoms with van der Waals surface area (Å²) in [4.78, 5) is 6.22. The van der Waals surface area contributed by atoms with Gasteiger partial charge < -0.3 is 10.2 Å². The van der Waals surface area contributed by atoms with Crippen LogP contribution in [-0.4, -0.2) is 23.5 Å². The normalized spacial score (nSPS) is 12.9. The molecule has 90 valence electrons. The van der Waals surface area contributed by atoms with Crippen molar-refractivity contribution in [1.29, 1.82) is 0 Å². The molecule has 0 saturated carbocycles. The van der Waals surface area contributed by atoms with Gasteiger partial charge in [-0.3, -0.25) is 9.88 Å². The molecule has 4 nitrogen and oxygen atoms in total. The standard InChI is InChI=1S/C13H17N3O/c1-16(9-11-2-5-15-6-3-11)13(8-14)12-4-7-17-10-12/h2-7,10,13H,8-9,14H2,1H3. The molecule has 0 fully saturated rings. The Hall–Kier alpha value is -1.65. The van der Waals surface area contributed by atoms with Crippen LogP contribution < -0.4 is 5.73 Å². The fourth-order valence-corrected chi connectivity index (χ4v) is 1.92. The van der Waals surface area contributed by atoms with Crippen LogP contribution in [0.5, 0.6) is 0 Å². The molecule has 0 amide bonds. The number of aromatic nitrogens is 1. The molecule has 2 N–H and O–H groups in total. The summed E-state index contributed by atoms with van der Waals surface area (Å²) in [6.07, 6.45) is 7.04. The molecule has 1 atom stereocenters. The first-order chi connectivity index (χ1) is 8.31. The highest BCUT2D eigenvalue weighted by Gasteiger charge is 2.16. The Labute approximate surface area is 101 Å². The maximum absolute atomic E-state index is 5.82. The summed E-state index contributed by atoms with van der Waals surface area (Å²) in [5.74, 6) is 0. The van der Waals surface area contributed by atoms with Gasteiger partial charge in [0.1, 0.15) is 0 Å². The van der Waals surface area contributed by atoms with Gasteiger partial charge in [0.15, 0.2) is 0 Å². The van der Waals surface area contributed by atoms with Gasteiger partial charge in [-0.1, -0.05) is 0 Å². The van der Waals surface area contributed by atoms with Crippen molar-refractivity contribution in [2.75, 3.05) is 13.6 Å². The monoisotopic (exact) mass is 231 g/mol. The van der Waals surface area contributed by atoms with Crippen LogP contribution in [0.15, 0.2) is 47.5 Å². The molecule has 17 heavy (non-hydrogen) atoms. The first-order valence-corrected chi connectivity index (χ1v) is 5.62. The number of likely N-dealkylation sites (N-methyl/N-ethyl adjacent to an activating group) is 1. The summed E-state index contributed by atoms with van der Waals surface area (Å²) in [5, 5.41) is 0. The Morgan fingerprint density at radius 3 is 2.71 bits per heavy atom.